The maximum atomic E-state index is 15.3. The first-order valence-electron chi connectivity index (χ1n) is 13.5. The Morgan fingerprint density at radius 3 is 2.40 bits per heavy atom. The Morgan fingerprint density at radius 2 is 1.77 bits per heavy atom. The standard InChI is InChI=1S/C31H26F2N4O4S2/c1-17-2-6-19(7-3-17)23-14-21(9-11-25(23)32)29-24(13-20-8-10-22(15-26(20)33)43(34,40)41)27(12-18-4-5-18)36-37(29)31-35-28(16-42-31)30(38)39/h2-3,6-11,14-16,18H,4-5,12-13H2,1H3,(H,38,39)(H2,34,40,41). The summed E-state index contributed by atoms with van der Waals surface area (Å²) in [7, 11) is -4.10. The SMILES string of the molecule is Cc1ccc(-c2cc(-c3c(Cc4ccc(S(N)(=O)=O)cc4F)c(CC4CC4)nn3-c3nc(C(=O)O)cs3)ccc2F)cc1. The molecule has 8 nitrogen and oxygen atoms in total. The first-order chi connectivity index (χ1) is 20.5. The predicted octanol–water partition coefficient (Wildman–Crippen LogP) is 6.14. The van der Waals surface area contributed by atoms with E-state index in [2.05, 4.69) is 4.98 Å². The molecule has 2 aromatic heterocycles. The lowest BCUT2D eigenvalue weighted by Crippen LogP contribution is -2.12. The van der Waals surface area contributed by atoms with Crippen molar-refractivity contribution in [3.8, 4) is 27.5 Å². The molecule has 0 saturated heterocycles. The maximum absolute atomic E-state index is 15.3. The third-order valence-corrected chi connectivity index (χ3v) is 9.19. The van der Waals surface area contributed by atoms with Crippen molar-refractivity contribution in [2.45, 2.75) is 37.5 Å². The zero-order chi connectivity index (χ0) is 30.5. The highest BCUT2D eigenvalue weighted by Gasteiger charge is 2.29. The van der Waals surface area contributed by atoms with Crippen molar-refractivity contribution in [1.29, 1.82) is 0 Å². The molecule has 6 rings (SSSR count). The van der Waals surface area contributed by atoms with E-state index in [1.807, 2.05) is 31.2 Å². The smallest absolute Gasteiger partial charge is 0.355 e. The van der Waals surface area contributed by atoms with Gasteiger partial charge in [-0.1, -0.05) is 35.9 Å². The Morgan fingerprint density at radius 1 is 1.05 bits per heavy atom. The van der Waals surface area contributed by atoms with E-state index < -0.39 is 27.6 Å². The summed E-state index contributed by atoms with van der Waals surface area (Å²) in [5, 5.41) is 21.3. The highest BCUT2D eigenvalue weighted by Crippen LogP contribution is 2.39. The van der Waals surface area contributed by atoms with Crippen molar-refractivity contribution in [3.05, 3.63) is 106 Å². The summed E-state index contributed by atoms with van der Waals surface area (Å²) in [5.74, 6) is -1.96. The van der Waals surface area contributed by atoms with Gasteiger partial charge in [-0.05, 0) is 73.6 Å². The fraction of sp³-hybridized carbons (Fsp3) is 0.194. The average Bonchev–Trinajstić information content (AvgIpc) is 3.51. The third-order valence-electron chi connectivity index (χ3n) is 7.46. The molecule has 43 heavy (non-hydrogen) atoms. The third kappa shape index (κ3) is 5.99. The zero-order valence-corrected chi connectivity index (χ0v) is 24.6. The molecule has 0 bridgehead atoms. The van der Waals surface area contributed by atoms with Crippen LogP contribution in [0.2, 0.25) is 0 Å². The molecular formula is C31H26F2N4O4S2. The van der Waals surface area contributed by atoms with Gasteiger partial charge in [-0.25, -0.2) is 36.8 Å². The second-order valence-corrected chi connectivity index (χ2v) is 13.1. The molecule has 0 atom stereocenters. The molecule has 3 aromatic carbocycles. The summed E-state index contributed by atoms with van der Waals surface area (Å²) in [6.45, 7) is 1.94. The Bertz CT molecular complexity index is 1980. The molecule has 1 saturated carbocycles. The molecule has 1 fully saturated rings. The molecule has 5 aromatic rings. The minimum atomic E-state index is -4.10. The number of sulfonamides is 1. The van der Waals surface area contributed by atoms with E-state index >= 15 is 8.78 Å². The minimum absolute atomic E-state index is 0.0442. The van der Waals surface area contributed by atoms with Crippen LogP contribution in [0.25, 0.3) is 27.5 Å². The Hall–Kier alpha value is -4.26. The van der Waals surface area contributed by atoms with Crippen molar-refractivity contribution in [3.63, 3.8) is 0 Å². The van der Waals surface area contributed by atoms with Crippen LogP contribution in [-0.2, 0) is 22.9 Å². The first-order valence-corrected chi connectivity index (χ1v) is 15.9. The van der Waals surface area contributed by atoms with Gasteiger partial charge in [0, 0.05) is 28.5 Å². The van der Waals surface area contributed by atoms with Gasteiger partial charge in [0.1, 0.15) is 11.6 Å². The molecule has 2 heterocycles. The number of primary sulfonamides is 1. The van der Waals surface area contributed by atoms with Crippen molar-refractivity contribution in [1.82, 2.24) is 14.8 Å². The van der Waals surface area contributed by atoms with Gasteiger partial charge in [-0.3, -0.25) is 0 Å². The minimum Gasteiger partial charge on any atom is -0.476 e. The number of hydrogen-bond acceptors (Lipinski definition) is 6. The van der Waals surface area contributed by atoms with Crippen LogP contribution in [0.1, 0.15) is 45.7 Å². The van der Waals surface area contributed by atoms with Gasteiger partial charge in [0.25, 0.3) is 0 Å². The Kier molecular flexibility index (Phi) is 7.45. The van der Waals surface area contributed by atoms with Crippen LogP contribution in [0, 0.1) is 24.5 Å². The summed E-state index contributed by atoms with van der Waals surface area (Å²) < 4.78 is 55.7. The fourth-order valence-corrected chi connectivity index (χ4v) is 6.28. The summed E-state index contributed by atoms with van der Waals surface area (Å²) in [6.07, 6.45) is 2.69. The van der Waals surface area contributed by atoms with Crippen LogP contribution in [0.4, 0.5) is 8.78 Å². The van der Waals surface area contributed by atoms with Crippen LogP contribution in [0.3, 0.4) is 0 Å². The topological polar surface area (TPSA) is 128 Å². The first kappa shape index (κ1) is 28.8. The number of aromatic carboxylic acids is 1. The van der Waals surface area contributed by atoms with Gasteiger partial charge < -0.3 is 5.11 Å². The Balaban J connectivity index is 1.56. The number of aryl methyl sites for hydroxylation is 1. The monoisotopic (exact) mass is 620 g/mol. The van der Waals surface area contributed by atoms with E-state index in [-0.39, 0.29) is 22.6 Å². The second kappa shape index (κ2) is 11.1. The molecule has 0 unspecified atom stereocenters. The molecule has 0 aliphatic heterocycles. The number of carboxylic acid groups (broad SMARTS) is 1. The molecule has 12 heteroatoms. The number of rotatable bonds is 9. The lowest BCUT2D eigenvalue weighted by atomic mass is 9.94. The molecular weight excluding hydrogens is 594 g/mol. The normalized spacial score (nSPS) is 13.4. The van der Waals surface area contributed by atoms with E-state index in [0.717, 1.165) is 35.8 Å². The van der Waals surface area contributed by atoms with Gasteiger partial charge in [0.15, 0.2) is 5.69 Å². The summed E-state index contributed by atoms with van der Waals surface area (Å²) in [4.78, 5) is 15.6. The number of halogens is 2. The zero-order valence-electron chi connectivity index (χ0n) is 22.9. The quantitative estimate of drug-likeness (QED) is 0.204. The number of nitrogens with zero attached hydrogens (tertiary/aromatic N) is 3. The number of carboxylic acids is 1. The molecule has 3 N–H and O–H groups in total. The molecule has 0 spiro atoms. The largest absolute Gasteiger partial charge is 0.476 e. The van der Waals surface area contributed by atoms with Gasteiger partial charge in [0.2, 0.25) is 15.2 Å². The highest BCUT2D eigenvalue weighted by atomic mass is 32.2. The molecule has 220 valence electrons. The lowest BCUT2D eigenvalue weighted by Gasteiger charge is -2.13. The van der Waals surface area contributed by atoms with Gasteiger partial charge in [0.05, 0.1) is 16.3 Å². The van der Waals surface area contributed by atoms with E-state index in [1.54, 1.807) is 16.8 Å². The van der Waals surface area contributed by atoms with E-state index in [9.17, 15) is 18.3 Å². The Labute approximate surface area is 250 Å². The van der Waals surface area contributed by atoms with Crippen LogP contribution >= 0.6 is 11.3 Å². The number of carbonyl (C=O) groups is 1. The number of benzene rings is 3. The van der Waals surface area contributed by atoms with Crippen molar-refractivity contribution >= 4 is 27.3 Å². The van der Waals surface area contributed by atoms with E-state index in [1.165, 1.54) is 23.6 Å². The van der Waals surface area contributed by atoms with E-state index in [4.69, 9.17) is 10.2 Å². The van der Waals surface area contributed by atoms with Crippen molar-refractivity contribution in [2.24, 2.45) is 11.1 Å². The summed E-state index contributed by atoms with van der Waals surface area (Å²) >= 11 is 1.10. The molecule has 1 aliphatic carbocycles. The molecule has 0 radical (unpaired) electrons. The van der Waals surface area contributed by atoms with Gasteiger partial charge in [-0.2, -0.15) is 5.10 Å². The van der Waals surface area contributed by atoms with Crippen LogP contribution < -0.4 is 5.14 Å². The lowest BCUT2D eigenvalue weighted by molar-refractivity contribution is 0.0691. The number of hydrogen-bond donors (Lipinski definition) is 2. The predicted molar refractivity (Wildman–Crippen MR) is 159 cm³/mol. The van der Waals surface area contributed by atoms with Crippen LogP contribution in [0.15, 0.2) is 70.9 Å². The number of aromatic nitrogens is 3. The van der Waals surface area contributed by atoms with Crippen LogP contribution in [0.5, 0.6) is 0 Å². The molecule has 0 amide bonds. The summed E-state index contributed by atoms with van der Waals surface area (Å²) in [6, 6.07) is 15.6. The van der Waals surface area contributed by atoms with Crippen LogP contribution in [-0.4, -0.2) is 34.3 Å². The van der Waals surface area contributed by atoms with Crippen molar-refractivity contribution in [2.75, 3.05) is 0 Å². The highest BCUT2D eigenvalue weighted by molar-refractivity contribution is 7.89. The van der Waals surface area contributed by atoms with Crippen molar-refractivity contribution < 1.29 is 27.1 Å². The summed E-state index contributed by atoms with van der Waals surface area (Å²) in [5.41, 5.74) is 4.56. The fourth-order valence-electron chi connectivity index (χ4n) is 5.00. The maximum Gasteiger partial charge on any atom is 0.355 e. The number of nitrogens with two attached hydrogens (primary N) is 1. The number of thiazole rings is 1. The average molecular weight is 621 g/mol. The van der Waals surface area contributed by atoms with E-state index in [0.29, 0.717) is 51.1 Å². The van der Waals surface area contributed by atoms with Gasteiger partial charge >= 0.3 is 5.97 Å². The second-order valence-electron chi connectivity index (χ2n) is 10.7. The van der Waals surface area contributed by atoms with Gasteiger partial charge in [-0.15, -0.1) is 11.3 Å². The molecule has 1 aliphatic rings.